The summed E-state index contributed by atoms with van der Waals surface area (Å²) >= 11 is 2.09. The van der Waals surface area contributed by atoms with Crippen LogP contribution in [0, 0.1) is 0 Å². The first-order chi connectivity index (χ1) is 8.40. The van der Waals surface area contributed by atoms with Gasteiger partial charge >= 0.3 is 0 Å². The summed E-state index contributed by atoms with van der Waals surface area (Å²) in [5, 5.41) is 0. The number of hydrogen-bond donors (Lipinski definition) is 1. The molecule has 17 heavy (non-hydrogen) atoms. The maximum atomic E-state index is 5.74. The molecule has 2 rings (SSSR count). The topological polar surface area (TPSA) is 29.3 Å². The van der Waals surface area contributed by atoms with E-state index in [9.17, 15) is 0 Å². The van der Waals surface area contributed by atoms with Gasteiger partial charge in [0.05, 0.1) is 0 Å². The van der Waals surface area contributed by atoms with E-state index in [2.05, 4.69) is 47.0 Å². The summed E-state index contributed by atoms with van der Waals surface area (Å²) in [6.07, 6.45) is 2.69. The molecule has 2 nitrogen and oxygen atoms in total. The molecule has 1 saturated heterocycles. The SMILES string of the molecule is NCCN(Cc1ccccc1)C1CCCSC1. The van der Waals surface area contributed by atoms with Gasteiger partial charge in [-0.2, -0.15) is 11.8 Å². The molecule has 0 radical (unpaired) electrons. The van der Waals surface area contributed by atoms with Gasteiger partial charge in [0.2, 0.25) is 0 Å². The molecule has 1 atom stereocenters. The molecule has 0 spiro atoms. The van der Waals surface area contributed by atoms with Gasteiger partial charge in [-0.05, 0) is 24.2 Å². The van der Waals surface area contributed by atoms with Gasteiger partial charge in [-0.3, -0.25) is 4.90 Å². The van der Waals surface area contributed by atoms with E-state index in [1.807, 2.05) is 0 Å². The lowest BCUT2D eigenvalue weighted by Crippen LogP contribution is -2.41. The Hall–Kier alpha value is -0.510. The molecule has 0 amide bonds. The van der Waals surface area contributed by atoms with Crippen molar-refractivity contribution in [3.05, 3.63) is 35.9 Å². The third-order valence-corrected chi connectivity index (χ3v) is 4.50. The van der Waals surface area contributed by atoms with Crippen LogP contribution >= 0.6 is 11.8 Å². The molecule has 1 aliphatic rings. The first-order valence-corrected chi connectivity index (χ1v) is 7.61. The third-order valence-electron chi connectivity index (χ3n) is 3.30. The molecule has 0 aliphatic carbocycles. The largest absolute Gasteiger partial charge is 0.329 e. The smallest absolute Gasteiger partial charge is 0.0237 e. The molecule has 1 heterocycles. The van der Waals surface area contributed by atoms with Crippen LogP contribution in [0.1, 0.15) is 18.4 Å². The fraction of sp³-hybridized carbons (Fsp3) is 0.571. The van der Waals surface area contributed by atoms with Gasteiger partial charge in [0.1, 0.15) is 0 Å². The minimum atomic E-state index is 0.720. The number of benzene rings is 1. The van der Waals surface area contributed by atoms with Crippen molar-refractivity contribution in [3.63, 3.8) is 0 Å². The van der Waals surface area contributed by atoms with Crippen LogP contribution in [-0.4, -0.2) is 35.5 Å². The van der Waals surface area contributed by atoms with Crippen molar-refractivity contribution >= 4 is 11.8 Å². The Kier molecular flexibility index (Phi) is 5.36. The third kappa shape index (κ3) is 4.02. The molecule has 1 aromatic rings. The molecule has 0 saturated carbocycles. The summed E-state index contributed by atoms with van der Waals surface area (Å²) in [4.78, 5) is 2.56. The van der Waals surface area contributed by atoms with Crippen molar-refractivity contribution in [3.8, 4) is 0 Å². The standard InChI is InChI=1S/C14H22N2S/c15-8-9-16(14-7-4-10-17-12-14)11-13-5-2-1-3-6-13/h1-3,5-6,14H,4,7-12,15H2. The second kappa shape index (κ2) is 7.04. The second-order valence-electron chi connectivity index (χ2n) is 4.62. The Morgan fingerprint density at radius 2 is 2.12 bits per heavy atom. The number of thioether (sulfide) groups is 1. The zero-order valence-corrected chi connectivity index (χ0v) is 11.2. The lowest BCUT2D eigenvalue weighted by atomic mass is 10.1. The molecule has 3 heteroatoms. The summed E-state index contributed by atoms with van der Waals surface area (Å²) in [7, 11) is 0. The van der Waals surface area contributed by atoms with Crippen molar-refractivity contribution in [2.45, 2.75) is 25.4 Å². The van der Waals surface area contributed by atoms with E-state index in [0.29, 0.717) is 0 Å². The Morgan fingerprint density at radius 3 is 2.76 bits per heavy atom. The van der Waals surface area contributed by atoms with Gasteiger partial charge < -0.3 is 5.73 Å². The van der Waals surface area contributed by atoms with Gasteiger partial charge in [-0.25, -0.2) is 0 Å². The summed E-state index contributed by atoms with van der Waals surface area (Å²) in [6.45, 7) is 2.82. The fourth-order valence-electron chi connectivity index (χ4n) is 2.39. The van der Waals surface area contributed by atoms with Crippen LogP contribution in [0.15, 0.2) is 30.3 Å². The quantitative estimate of drug-likeness (QED) is 0.870. The van der Waals surface area contributed by atoms with Crippen LogP contribution in [-0.2, 0) is 6.54 Å². The van der Waals surface area contributed by atoms with Crippen LogP contribution in [0.3, 0.4) is 0 Å². The van der Waals surface area contributed by atoms with Crippen LogP contribution in [0.4, 0.5) is 0 Å². The first-order valence-electron chi connectivity index (χ1n) is 6.46. The molecule has 94 valence electrons. The summed E-state index contributed by atoms with van der Waals surface area (Å²) in [5.41, 5.74) is 7.14. The Balaban J connectivity index is 1.96. The maximum Gasteiger partial charge on any atom is 0.0237 e. The normalized spacial score (nSPS) is 20.7. The average molecular weight is 250 g/mol. The minimum absolute atomic E-state index is 0.720. The van der Waals surface area contributed by atoms with E-state index in [0.717, 1.165) is 25.7 Å². The van der Waals surface area contributed by atoms with E-state index >= 15 is 0 Å². The molecular weight excluding hydrogens is 228 g/mol. The fourth-order valence-corrected chi connectivity index (χ4v) is 3.57. The molecule has 1 unspecified atom stereocenters. The second-order valence-corrected chi connectivity index (χ2v) is 5.77. The lowest BCUT2D eigenvalue weighted by molar-refractivity contribution is 0.196. The predicted molar refractivity (Wildman–Crippen MR) is 76.3 cm³/mol. The summed E-state index contributed by atoms with van der Waals surface area (Å²) in [6, 6.07) is 11.4. The van der Waals surface area contributed by atoms with Crippen molar-refractivity contribution < 1.29 is 0 Å². The summed E-state index contributed by atoms with van der Waals surface area (Å²) < 4.78 is 0. The Bertz CT molecular complexity index is 309. The highest BCUT2D eigenvalue weighted by Gasteiger charge is 2.20. The zero-order chi connectivity index (χ0) is 11.9. The number of nitrogens with two attached hydrogens (primary N) is 1. The first kappa shape index (κ1) is 12.9. The van der Waals surface area contributed by atoms with E-state index in [4.69, 9.17) is 5.73 Å². The van der Waals surface area contributed by atoms with Crippen molar-refractivity contribution in [1.29, 1.82) is 0 Å². The van der Waals surface area contributed by atoms with Crippen LogP contribution in [0.25, 0.3) is 0 Å². The lowest BCUT2D eigenvalue weighted by Gasteiger charge is -2.33. The molecule has 1 aliphatic heterocycles. The highest BCUT2D eigenvalue weighted by molar-refractivity contribution is 7.99. The van der Waals surface area contributed by atoms with Crippen molar-refractivity contribution in [1.82, 2.24) is 4.90 Å². The van der Waals surface area contributed by atoms with Crippen molar-refractivity contribution in [2.24, 2.45) is 5.73 Å². The molecule has 1 aromatic carbocycles. The number of hydrogen-bond acceptors (Lipinski definition) is 3. The van der Waals surface area contributed by atoms with E-state index in [1.165, 1.54) is 29.9 Å². The Labute approximate surface area is 109 Å². The van der Waals surface area contributed by atoms with Gasteiger partial charge in [0.25, 0.3) is 0 Å². The predicted octanol–water partition coefficient (Wildman–Crippen LogP) is 2.34. The summed E-state index contributed by atoms with van der Waals surface area (Å²) in [5.74, 6) is 2.60. The molecule has 2 N–H and O–H groups in total. The zero-order valence-electron chi connectivity index (χ0n) is 10.3. The van der Waals surface area contributed by atoms with Crippen LogP contribution in [0.5, 0.6) is 0 Å². The van der Waals surface area contributed by atoms with Gasteiger partial charge in [-0.1, -0.05) is 30.3 Å². The maximum absolute atomic E-state index is 5.74. The highest BCUT2D eigenvalue weighted by Crippen LogP contribution is 2.22. The van der Waals surface area contributed by atoms with Gasteiger partial charge in [-0.15, -0.1) is 0 Å². The molecular formula is C14H22N2S. The molecule has 1 fully saturated rings. The van der Waals surface area contributed by atoms with Crippen LogP contribution < -0.4 is 5.73 Å². The number of rotatable bonds is 5. The van der Waals surface area contributed by atoms with E-state index in [-0.39, 0.29) is 0 Å². The highest BCUT2D eigenvalue weighted by atomic mass is 32.2. The molecule has 0 bridgehead atoms. The van der Waals surface area contributed by atoms with E-state index in [1.54, 1.807) is 0 Å². The van der Waals surface area contributed by atoms with E-state index < -0.39 is 0 Å². The van der Waals surface area contributed by atoms with Gasteiger partial charge in [0.15, 0.2) is 0 Å². The average Bonchev–Trinajstić information content (AvgIpc) is 2.40. The number of nitrogens with zero attached hydrogens (tertiary/aromatic N) is 1. The monoisotopic (exact) mass is 250 g/mol. The molecule has 0 aromatic heterocycles. The minimum Gasteiger partial charge on any atom is -0.329 e. The Morgan fingerprint density at radius 1 is 1.29 bits per heavy atom. The van der Waals surface area contributed by atoms with Crippen molar-refractivity contribution in [2.75, 3.05) is 24.6 Å². The van der Waals surface area contributed by atoms with Crippen LogP contribution in [0.2, 0.25) is 0 Å². The van der Waals surface area contributed by atoms with Gasteiger partial charge in [0, 0.05) is 31.4 Å².